The van der Waals surface area contributed by atoms with E-state index < -0.39 is 0 Å². The quantitative estimate of drug-likeness (QED) is 0.744. The van der Waals surface area contributed by atoms with Crippen molar-refractivity contribution in [3.8, 4) is 0 Å². The Morgan fingerprint density at radius 3 is 3.05 bits per heavy atom. The predicted molar refractivity (Wildman–Crippen MR) is 85.2 cm³/mol. The van der Waals surface area contributed by atoms with Crippen LogP contribution in [-0.4, -0.2) is 10.9 Å². The van der Waals surface area contributed by atoms with Crippen molar-refractivity contribution in [1.29, 1.82) is 0 Å². The lowest BCUT2D eigenvalue weighted by atomic mass is 9.91. The van der Waals surface area contributed by atoms with E-state index in [1.807, 2.05) is 12.1 Å². The van der Waals surface area contributed by atoms with Gasteiger partial charge in [-0.2, -0.15) is 0 Å². The fourth-order valence-electron chi connectivity index (χ4n) is 3.23. The van der Waals surface area contributed by atoms with Crippen molar-refractivity contribution >= 4 is 28.4 Å². The lowest BCUT2D eigenvalue weighted by Gasteiger charge is -2.23. The largest absolute Gasteiger partial charge is 0.459 e. The number of furan rings is 1. The molecule has 0 saturated heterocycles. The van der Waals surface area contributed by atoms with Gasteiger partial charge in [-0.3, -0.25) is 4.79 Å². The number of fused-ring (bicyclic) bond motifs is 3. The van der Waals surface area contributed by atoms with E-state index in [9.17, 15) is 4.79 Å². The first-order chi connectivity index (χ1) is 10.7. The standard InChI is InChI=1S/C17H15ClN2O2/c18-12-6-1-4-10-11-5-2-7-13(16(11)20-15(10)12)19-17(21)14-8-3-9-22-14/h1,3-4,6,8-9,13,20H,2,5,7H2,(H,19,21). The summed E-state index contributed by atoms with van der Waals surface area (Å²) in [4.78, 5) is 15.6. The Hall–Kier alpha value is -2.20. The first-order valence-corrected chi connectivity index (χ1v) is 7.75. The molecule has 4 nitrogen and oxygen atoms in total. The highest BCUT2D eigenvalue weighted by atomic mass is 35.5. The maximum Gasteiger partial charge on any atom is 0.287 e. The highest BCUT2D eigenvalue weighted by Crippen LogP contribution is 2.37. The van der Waals surface area contributed by atoms with Crippen LogP contribution in [-0.2, 0) is 6.42 Å². The smallest absolute Gasteiger partial charge is 0.287 e. The molecule has 3 aromatic rings. The molecule has 1 aliphatic rings. The average molecular weight is 315 g/mol. The summed E-state index contributed by atoms with van der Waals surface area (Å²) in [6.07, 6.45) is 4.45. The Morgan fingerprint density at radius 1 is 1.32 bits per heavy atom. The van der Waals surface area contributed by atoms with Gasteiger partial charge in [-0.1, -0.05) is 23.7 Å². The number of amides is 1. The molecule has 2 heterocycles. The van der Waals surface area contributed by atoms with Crippen LogP contribution in [0.2, 0.25) is 5.02 Å². The number of carbonyl (C=O) groups is 1. The van der Waals surface area contributed by atoms with E-state index in [2.05, 4.69) is 16.4 Å². The van der Waals surface area contributed by atoms with Crippen LogP contribution in [0.1, 0.15) is 40.7 Å². The second-order valence-corrected chi connectivity index (χ2v) is 5.98. The van der Waals surface area contributed by atoms with Gasteiger partial charge in [0.2, 0.25) is 0 Å². The highest BCUT2D eigenvalue weighted by Gasteiger charge is 2.26. The number of para-hydroxylation sites is 1. The molecule has 0 spiro atoms. The predicted octanol–water partition coefficient (Wildman–Crippen LogP) is 4.22. The molecule has 5 heteroatoms. The minimum Gasteiger partial charge on any atom is -0.459 e. The molecule has 1 aromatic carbocycles. The fourth-order valence-corrected chi connectivity index (χ4v) is 3.46. The second kappa shape index (κ2) is 5.21. The van der Waals surface area contributed by atoms with Gasteiger partial charge in [0.05, 0.1) is 22.8 Å². The number of carbonyl (C=O) groups excluding carboxylic acids is 1. The molecule has 4 rings (SSSR count). The van der Waals surface area contributed by atoms with Crippen molar-refractivity contribution in [3.63, 3.8) is 0 Å². The molecule has 22 heavy (non-hydrogen) atoms. The van der Waals surface area contributed by atoms with Crippen molar-refractivity contribution in [2.75, 3.05) is 0 Å². The molecule has 1 atom stereocenters. The number of aromatic nitrogens is 1. The molecule has 112 valence electrons. The van der Waals surface area contributed by atoms with E-state index in [4.69, 9.17) is 16.0 Å². The van der Waals surface area contributed by atoms with Crippen molar-refractivity contribution in [2.24, 2.45) is 0 Å². The lowest BCUT2D eigenvalue weighted by molar-refractivity contribution is 0.0904. The van der Waals surface area contributed by atoms with Gasteiger partial charge in [-0.05, 0) is 43.0 Å². The van der Waals surface area contributed by atoms with Gasteiger partial charge >= 0.3 is 0 Å². The number of rotatable bonds is 2. The Morgan fingerprint density at radius 2 is 2.23 bits per heavy atom. The zero-order valence-electron chi connectivity index (χ0n) is 11.9. The van der Waals surface area contributed by atoms with Gasteiger partial charge < -0.3 is 14.7 Å². The molecule has 0 fully saturated rings. The van der Waals surface area contributed by atoms with Gasteiger partial charge in [0.25, 0.3) is 5.91 Å². The molecule has 0 aliphatic heterocycles. The van der Waals surface area contributed by atoms with Crippen LogP contribution < -0.4 is 5.32 Å². The van der Waals surface area contributed by atoms with Gasteiger partial charge in [0.1, 0.15) is 0 Å². The van der Waals surface area contributed by atoms with Gasteiger partial charge in [0, 0.05) is 11.1 Å². The zero-order valence-corrected chi connectivity index (χ0v) is 12.6. The summed E-state index contributed by atoms with van der Waals surface area (Å²) in [5, 5.41) is 4.91. The summed E-state index contributed by atoms with van der Waals surface area (Å²) in [5.74, 6) is 0.147. The summed E-state index contributed by atoms with van der Waals surface area (Å²) >= 11 is 6.28. The first kappa shape index (κ1) is 13.5. The summed E-state index contributed by atoms with van der Waals surface area (Å²) < 4.78 is 5.16. The summed E-state index contributed by atoms with van der Waals surface area (Å²) in [5.41, 5.74) is 3.27. The Balaban J connectivity index is 1.72. The molecule has 0 saturated carbocycles. The maximum atomic E-state index is 12.2. The number of hydrogen-bond donors (Lipinski definition) is 2. The minimum absolute atomic E-state index is 0.0372. The van der Waals surface area contributed by atoms with E-state index in [0.717, 1.165) is 35.9 Å². The molecule has 1 amide bonds. The number of aryl methyl sites for hydroxylation is 1. The number of aromatic amines is 1. The van der Waals surface area contributed by atoms with E-state index in [0.29, 0.717) is 10.8 Å². The number of hydrogen-bond acceptors (Lipinski definition) is 2. The van der Waals surface area contributed by atoms with Gasteiger partial charge in [-0.15, -0.1) is 0 Å². The molecule has 2 aromatic heterocycles. The van der Waals surface area contributed by atoms with Crippen molar-refractivity contribution in [2.45, 2.75) is 25.3 Å². The minimum atomic E-state index is -0.187. The van der Waals surface area contributed by atoms with Crippen LogP contribution in [0, 0.1) is 0 Å². The molecule has 0 bridgehead atoms. The summed E-state index contributed by atoms with van der Waals surface area (Å²) in [7, 11) is 0. The van der Waals surface area contributed by atoms with E-state index in [-0.39, 0.29) is 11.9 Å². The topological polar surface area (TPSA) is 58.0 Å². The van der Waals surface area contributed by atoms with Crippen LogP contribution in [0.4, 0.5) is 0 Å². The van der Waals surface area contributed by atoms with E-state index in [1.165, 1.54) is 11.8 Å². The molecule has 2 N–H and O–H groups in total. The molecular weight excluding hydrogens is 300 g/mol. The Bertz CT molecular complexity index is 836. The number of halogens is 1. The summed E-state index contributed by atoms with van der Waals surface area (Å²) in [6.45, 7) is 0. The highest BCUT2D eigenvalue weighted by molar-refractivity contribution is 6.35. The third-order valence-electron chi connectivity index (χ3n) is 4.24. The first-order valence-electron chi connectivity index (χ1n) is 7.37. The zero-order chi connectivity index (χ0) is 15.1. The third-order valence-corrected chi connectivity index (χ3v) is 4.56. The van der Waals surface area contributed by atoms with Gasteiger partial charge in [0.15, 0.2) is 5.76 Å². The van der Waals surface area contributed by atoms with E-state index >= 15 is 0 Å². The van der Waals surface area contributed by atoms with Crippen LogP contribution in [0.5, 0.6) is 0 Å². The molecule has 1 unspecified atom stereocenters. The Kier molecular flexibility index (Phi) is 3.19. The normalized spacial score (nSPS) is 17.4. The lowest BCUT2D eigenvalue weighted by Crippen LogP contribution is -2.30. The average Bonchev–Trinajstić information content (AvgIpc) is 3.16. The van der Waals surface area contributed by atoms with Crippen molar-refractivity contribution in [3.05, 3.63) is 58.6 Å². The number of H-pyrrole nitrogens is 1. The molecule has 1 aliphatic carbocycles. The van der Waals surface area contributed by atoms with Crippen LogP contribution in [0.25, 0.3) is 10.9 Å². The Labute approximate surface area is 132 Å². The SMILES string of the molecule is O=C(NC1CCCc2c1[nH]c1c(Cl)cccc21)c1ccco1. The maximum absolute atomic E-state index is 12.2. The third kappa shape index (κ3) is 2.11. The van der Waals surface area contributed by atoms with Crippen LogP contribution in [0.3, 0.4) is 0 Å². The van der Waals surface area contributed by atoms with E-state index in [1.54, 1.807) is 12.1 Å². The van der Waals surface area contributed by atoms with Crippen molar-refractivity contribution in [1.82, 2.24) is 10.3 Å². The second-order valence-electron chi connectivity index (χ2n) is 5.58. The number of nitrogens with one attached hydrogen (secondary N) is 2. The van der Waals surface area contributed by atoms with Crippen LogP contribution in [0.15, 0.2) is 41.0 Å². The molecular formula is C17H15ClN2O2. The fraction of sp³-hybridized carbons (Fsp3) is 0.235. The molecule has 0 radical (unpaired) electrons. The van der Waals surface area contributed by atoms with Gasteiger partial charge in [-0.25, -0.2) is 0 Å². The number of benzene rings is 1. The summed E-state index contributed by atoms with van der Waals surface area (Å²) in [6, 6.07) is 9.26. The van der Waals surface area contributed by atoms with Crippen LogP contribution >= 0.6 is 11.6 Å². The monoisotopic (exact) mass is 314 g/mol. The van der Waals surface area contributed by atoms with Crippen molar-refractivity contribution < 1.29 is 9.21 Å².